The van der Waals surface area contributed by atoms with Crippen LogP contribution in [-0.4, -0.2) is 66.0 Å². The number of hydrogen-bond donors (Lipinski definition) is 1. The lowest BCUT2D eigenvalue weighted by Crippen LogP contribution is -2.38. The highest BCUT2D eigenvalue weighted by Gasteiger charge is 2.35. The predicted octanol–water partition coefficient (Wildman–Crippen LogP) is 2.13. The molecule has 2 aliphatic heterocycles. The third-order valence-corrected chi connectivity index (χ3v) is 4.82. The van der Waals surface area contributed by atoms with E-state index in [1.54, 1.807) is 24.3 Å². The number of amides is 3. The number of nitrogens with one attached hydrogen (secondary N) is 1. The number of imide groups is 1. The average molecular weight is 373 g/mol. The van der Waals surface area contributed by atoms with Crippen molar-refractivity contribution in [2.45, 2.75) is 32.8 Å². The van der Waals surface area contributed by atoms with Crippen molar-refractivity contribution < 1.29 is 19.1 Å². The second kappa shape index (κ2) is 7.68. The Bertz CT molecular complexity index is 706. The van der Waals surface area contributed by atoms with Gasteiger partial charge >= 0.3 is 6.09 Å². The molecule has 1 aromatic carbocycles. The summed E-state index contributed by atoms with van der Waals surface area (Å²) in [4.78, 5) is 40.1. The summed E-state index contributed by atoms with van der Waals surface area (Å²) in [5, 5.41) is 2.82. The maximum atomic E-state index is 12.4. The monoisotopic (exact) mass is 373 g/mol. The lowest BCUT2D eigenvalue weighted by molar-refractivity contribution is 0.0517. The zero-order valence-corrected chi connectivity index (χ0v) is 16.2. The molecule has 7 heteroatoms. The van der Waals surface area contributed by atoms with Gasteiger partial charge in [0, 0.05) is 26.2 Å². The van der Waals surface area contributed by atoms with Crippen LogP contribution < -0.4 is 5.32 Å². The first-order valence-electron chi connectivity index (χ1n) is 9.39. The molecule has 1 aromatic rings. The third-order valence-electron chi connectivity index (χ3n) is 4.82. The van der Waals surface area contributed by atoms with E-state index in [9.17, 15) is 14.4 Å². The zero-order valence-electron chi connectivity index (χ0n) is 16.2. The number of carbonyl (C=O) groups excluding carboxylic acids is 3. The van der Waals surface area contributed by atoms with E-state index in [-0.39, 0.29) is 11.8 Å². The molecule has 1 N–H and O–H groups in total. The Kier molecular flexibility index (Phi) is 5.51. The number of benzene rings is 1. The largest absolute Gasteiger partial charge is 0.444 e. The van der Waals surface area contributed by atoms with Gasteiger partial charge in [0.15, 0.2) is 0 Å². The van der Waals surface area contributed by atoms with Gasteiger partial charge in [-0.15, -0.1) is 0 Å². The van der Waals surface area contributed by atoms with Crippen molar-refractivity contribution in [3.8, 4) is 0 Å². The van der Waals surface area contributed by atoms with Gasteiger partial charge in [0.05, 0.1) is 11.1 Å². The number of fused-ring (bicyclic) bond motifs is 1. The summed E-state index contributed by atoms with van der Waals surface area (Å²) < 4.78 is 5.25. The van der Waals surface area contributed by atoms with Crippen LogP contribution in [0.3, 0.4) is 0 Å². The molecule has 1 fully saturated rings. The smallest absolute Gasteiger partial charge is 0.407 e. The Morgan fingerprint density at radius 3 is 2.37 bits per heavy atom. The second-order valence-corrected chi connectivity index (χ2v) is 8.15. The quantitative estimate of drug-likeness (QED) is 0.800. The maximum absolute atomic E-state index is 12.4. The predicted molar refractivity (Wildman–Crippen MR) is 101 cm³/mol. The molecule has 27 heavy (non-hydrogen) atoms. The average Bonchev–Trinajstić information content (AvgIpc) is 3.14. The molecule has 146 valence electrons. The summed E-state index contributed by atoms with van der Waals surface area (Å²) in [6.07, 6.45) is 0.574. The number of alkyl carbamates (subject to hydrolysis) is 1. The zero-order chi connectivity index (χ0) is 19.6. The molecule has 0 saturated carbocycles. The highest BCUT2D eigenvalue weighted by molar-refractivity contribution is 6.21. The van der Waals surface area contributed by atoms with Crippen molar-refractivity contribution in [2.24, 2.45) is 5.92 Å². The van der Waals surface area contributed by atoms with Gasteiger partial charge < -0.3 is 15.0 Å². The summed E-state index contributed by atoms with van der Waals surface area (Å²) in [6, 6.07) is 6.94. The first-order chi connectivity index (χ1) is 12.7. The SMILES string of the molecule is CC(C)(C)OC(=O)NCC1CCN(CCN2C(=O)c3ccccc3C2=O)C1. The molecule has 0 bridgehead atoms. The van der Waals surface area contributed by atoms with Gasteiger partial charge in [-0.3, -0.25) is 14.5 Å². The van der Waals surface area contributed by atoms with E-state index in [1.807, 2.05) is 20.8 Å². The van der Waals surface area contributed by atoms with Gasteiger partial charge in [0.1, 0.15) is 5.60 Å². The van der Waals surface area contributed by atoms with Crippen molar-refractivity contribution in [2.75, 3.05) is 32.7 Å². The lowest BCUT2D eigenvalue weighted by Gasteiger charge is -2.21. The normalized spacial score (nSPS) is 20.1. The topological polar surface area (TPSA) is 79.0 Å². The lowest BCUT2D eigenvalue weighted by atomic mass is 10.1. The van der Waals surface area contributed by atoms with Crippen LogP contribution in [0.1, 0.15) is 47.9 Å². The van der Waals surface area contributed by atoms with Crippen molar-refractivity contribution >= 4 is 17.9 Å². The van der Waals surface area contributed by atoms with Crippen LogP contribution in [-0.2, 0) is 4.74 Å². The van der Waals surface area contributed by atoms with Gasteiger partial charge in [0.25, 0.3) is 11.8 Å². The summed E-state index contributed by atoms with van der Waals surface area (Å²) in [5.74, 6) is -0.0735. The van der Waals surface area contributed by atoms with Crippen LogP contribution in [0.4, 0.5) is 4.79 Å². The van der Waals surface area contributed by atoms with Gasteiger partial charge in [-0.1, -0.05) is 12.1 Å². The number of carbonyl (C=O) groups is 3. The van der Waals surface area contributed by atoms with E-state index >= 15 is 0 Å². The van der Waals surface area contributed by atoms with Crippen LogP contribution in [0.15, 0.2) is 24.3 Å². The number of hydrogen-bond acceptors (Lipinski definition) is 5. The molecule has 0 radical (unpaired) electrons. The minimum absolute atomic E-state index is 0.210. The highest BCUT2D eigenvalue weighted by atomic mass is 16.6. The third kappa shape index (κ3) is 4.66. The van der Waals surface area contributed by atoms with Crippen molar-refractivity contribution in [1.82, 2.24) is 15.1 Å². The summed E-state index contributed by atoms with van der Waals surface area (Å²) >= 11 is 0. The van der Waals surface area contributed by atoms with Crippen LogP contribution in [0, 0.1) is 5.92 Å². The van der Waals surface area contributed by atoms with Crippen molar-refractivity contribution in [3.63, 3.8) is 0 Å². The van der Waals surface area contributed by atoms with E-state index in [4.69, 9.17) is 4.74 Å². The second-order valence-electron chi connectivity index (χ2n) is 8.15. The number of likely N-dealkylation sites (tertiary alicyclic amines) is 1. The Balaban J connectivity index is 1.43. The van der Waals surface area contributed by atoms with Gasteiger partial charge in [0.2, 0.25) is 0 Å². The first kappa shape index (κ1) is 19.4. The molecular formula is C20H27N3O4. The van der Waals surface area contributed by atoms with E-state index in [0.717, 1.165) is 19.5 Å². The fourth-order valence-electron chi connectivity index (χ4n) is 3.51. The fourth-order valence-corrected chi connectivity index (χ4v) is 3.51. The van der Waals surface area contributed by atoms with Crippen LogP contribution >= 0.6 is 0 Å². The van der Waals surface area contributed by atoms with E-state index < -0.39 is 11.7 Å². The number of rotatable bonds is 5. The van der Waals surface area contributed by atoms with Gasteiger partial charge in [-0.05, 0) is 51.8 Å². The molecule has 0 spiro atoms. The minimum Gasteiger partial charge on any atom is -0.444 e. The number of ether oxygens (including phenoxy) is 1. The Hall–Kier alpha value is -2.41. The molecule has 0 aliphatic carbocycles. The molecule has 1 atom stereocenters. The Labute approximate surface area is 159 Å². The van der Waals surface area contributed by atoms with E-state index in [1.165, 1.54) is 4.90 Å². The standard InChI is InChI=1S/C20H27N3O4/c1-20(2,3)27-19(26)21-12-14-8-9-22(13-14)10-11-23-17(24)15-6-4-5-7-16(15)18(23)25/h4-7,14H,8-13H2,1-3H3,(H,21,26). The Morgan fingerprint density at radius 2 is 1.78 bits per heavy atom. The van der Waals surface area contributed by atoms with E-state index in [0.29, 0.717) is 36.7 Å². The van der Waals surface area contributed by atoms with Crippen LogP contribution in [0.25, 0.3) is 0 Å². The maximum Gasteiger partial charge on any atom is 0.407 e. The number of nitrogens with zero attached hydrogens (tertiary/aromatic N) is 2. The molecule has 3 rings (SSSR count). The molecule has 7 nitrogen and oxygen atoms in total. The van der Waals surface area contributed by atoms with Crippen LogP contribution in [0.2, 0.25) is 0 Å². The minimum atomic E-state index is -0.502. The molecule has 1 saturated heterocycles. The van der Waals surface area contributed by atoms with Crippen molar-refractivity contribution in [3.05, 3.63) is 35.4 Å². The first-order valence-corrected chi connectivity index (χ1v) is 9.39. The fraction of sp³-hybridized carbons (Fsp3) is 0.550. The van der Waals surface area contributed by atoms with Crippen LogP contribution in [0.5, 0.6) is 0 Å². The molecular weight excluding hydrogens is 346 g/mol. The molecule has 3 amide bonds. The van der Waals surface area contributed by atoms with Gasteiger partial charge in [-0.2, -0.15) is 0 Å². The Morgan fingerprint density at radius 1 is 1.15 bits per heavy atom. The van der Waals surface area contributed by atoms with Gasteiger partial charge in [-0.25, -0.2) is 4.79 Å². The van der Waals surface area contributed by atoms with E-state index in [2.05, 4.69) is 10.2 Å². The van der Waals surface area contributed by atoms with Crippen molar-refractivity contribution in [1.29, 1.82) is 0 Å². The molecule has 2 aliphatic rings. The summed E-state index contributed by atoms with van der Waals surface area (Å²) in [6.45, 7) is 8.84. The highest BCUT2D eigenvalue weighted by Crippen LogP contribution is 2.23. The molecule has 0 aromatic heterocycles. The molecule has 2 heterocycles. The molecule has 1 unspecified atom stereocenters. The summed E-state index contributed by atoms with van der Waals surface area (Å²) in [7, 11) is 0. The summed E-state index contributed by atoms with van der Waals surface area (Å²) in [5.41, 5.74) is 0.477.